The Morgan fingerprint density at radius 2 is 2.06 bits per heavy atom. The second-order valence-corrected chi connectivity index (χ2v) is 8.40. The smallest absolute Gasteiger partial charge is 0.337 e. The molecule has 2 heterocycles. The SMILES string of the molecule is COCCc1nc2scc(C(=O)O)c2c(=O)n1CC(=O)Nc1c(C)cccc1C(C)C. The van der Waals surface area contributed by atoms with E-state index in [0.29, 0.717) is 23.7 Å². The molecule has 31 heavy (non-hydrogen) atoms. The van der Waals surface area contributed by atoms with E-state index < -0.39 is 11.5 Å². The van der Waals surface area contributed by atoms with E-state index in [0.717, 1.165) is 28.2 Å². The Labute approximate surface area is 183 Å². The number of amides is 1. The molecule has 0 unspecified atom stereocenters. The molecular weight excluding hydrogens is 418 g/mol. The van der Waals surface area contributed by atoms with Crippen molar-refractivity contribution < 1.29 is 19.4 Å². The lowest BCUT2D eigenvalue weighted by Gasteiger charge is -2.17. The zero-order chi connectivity index (χ0) is 22.7. The number of fused-ring (bicyclic) bond motifs is 1. The van der Waals surface area contributed by atoms with Crippen LogP contribution in [0.4, 0.5) is 5.69 Å². The van der Waals surface area contributed by atoms with E-state index in [-0.39, 0.29) is 29.3 Å². The van der Waals surface area contributed by atoms with Crippen LogP contribution < -0.4 is 10.9 Å². The Morgan fingerprint density at radius 1 is 1.32 bits per heavy atom. The lowest BCUT2D eigenvalue weighted by atomic mass is 9.98. The van der Waals surface area contributed by atoms with Crippen molar-refractivity contribution in [1.29, 1.82) is 0 Å². The molecule has 0 saturated carbocycles. The van der Waals surface area contributed by atoms with Gasteiger partial charge in [0.25, 0.3) is 5.56 Å². The van der Waals surface area contributed by atoms with Gasteiger partial charge in [-0.15, -0.1) is 11.3 Å². The fourth-order valence-electron chi connectivity index (χ4n) is 3.44. The number of hydrogen-bond acceptors (Lipinski definition) is 6. The van der Waals surface area contributed by atoms with Gasteiger partial charge in [0.05, 0.1) is 17.6 Å². The van der Waals surface area contributed by atoms with Crippen LogP contribution in [0.1, 0.15) is 47.1 Å². The maximum absolute atomic E-state index is 13.2. The molecular formula is C22H25N3O5S. The highest BCUT2D eigenvalue weighted by molar-refractivity contribution is 7.17. The molecule has 2 N–H and O–H groups in total. The third kappa shape index (κ3) is 4.67. The van der Waals surface area contributed by atoms with Gasteiger partial charge in [0.2, 0.25) is 5.91 Å². The molecule has 0 spiro atoms. The number of carboxylic acid groups (broad SMARTS) is 1. The zero-order valence-electron chi connectivity index (χ0n) is 17.9. The predicted octanol–water partition coefficient (Wildman–Crippen LogP) is 3.42. The summed E-state index contributed by atoms with van der Waals surface area (Å²) in [5.74, 6) is -1.00. The van der Waals surface area contributed by atoms with Gasteiger partial charge in [0.1, 0.15) is 17.2 Å². The minimum absolute atomic E-state index is 0.0187. The Bertz CT molecular complexity index is 1200. The highest BCUT2D eigenvalue weighted by atomic mass is 32.1. The Kier molecular flexibility index (Phi) is 6.87. The summed E-state index contributed by atoms with van der Waals surface area (Å²) in [6.45, 7) is 6.03. The van der Waals surface area contributed by atoms with Crippen molar-refractivity contribution in [2.24, 2.45) is 0 Å². The van der Waals surface area contributed by atoms with Gasteiger partial charge < -0.3 is 15.2 Å². The molecule has 0 atom stereocenters. The summed E-state index contributed by atoms with van der Waals surface area (Å²) in [7, 11) is 1.53. The molecule has 0 aliphatic heterocycles. The number of carbonyl (C=O) groups excluding carboxylic acids is 1. The number of anilines is 1. The molecule has 0 saturated heterocycles. The molecule has 8 nitrogen and oxygen atoms in total. The van der Waals surface area contributed by atoms with Gasteiger partial charge in [-0.1, -0.05) is 32.0 Å². The number of methoxy groups -OCH3 is 1. The number of ether oxygens (including phenoxy) is 1. The van der Waals surface area contributed by atoms with E-state index in [1.807, 2.05) is 39.0 Å². The van der Waals surface area contributed by atoms with Gasteiger partial charge in [-0.25, -0.2) is 9.78 Å². The van der Waals surface area contributed by atoms with Crippen LogP contribution in [0.3, 0.4) is 0 Å². The van der Waals surface area contributed by atoms with Gasteiger partial charge in [0.15, 0.2) is 0 Å². The number of para-hydroxylation sites is 1. The third-order valence-electron chi connectivity index (χ3n) is 5.03. The van der Waals surface area contributed by atoms with Crippen LogP contribution in [0.15, 0.2) is 28.4 Å². The molecule has 9 heteroatoms. The van der Waals surface area contributed by atoms with Crippen molar-refractivity contribution in [3.8, 4) is 0 Å². The van der Waals surface area contributed by atoms with Gasteiger partial charge in [0, 0.05) is 24.6 Å². The third-order valence-corrected chi connectivity index (χ3v) is 5.90. The summed E-state index contributed by atoms with van der Waals surface area (Å²) >= 11 is 1.09. The minimum Gasteiger partial charge on any atom is -0.478 e. The molecule has 3 aromatic rings. The Hall–Kier alpha value is -3.04. The van der Waals surface area contributed by atoms with E-state index in [2.05, 4.69) is 10.3 Å². The molecule has 1 aromatic carbocycles. The van der Waals surface area contributed by atoms with Crippen LogP contribution in [0.5, 0.6) is 0 Å². The summed E-state index contributed by atoms with van der Waals surface area (Å²) < 4.78 is 6.35. The van der Waals surface area contributed by atoms with Crippen LogP contribution in [0.25, 0.3) is 10.2 Å². The largest absolute Gasteiger partial charge is 0.478 e. The van der Waals surface area contributed by atoms with Crippen molar-refractivity contribution in [2.75, 3.05) is 19.0 Å². The quantitative estimate of drug-likeness (QED) is 0.552. The monoisotopic (exact) mass is 443 g/mol. The number of carboxylic acids is 1. The molecule has 3 rings (SSSR count). The second-order valence-electron chi connectivity index (χ2n) is 7.54. The molecule has 0 aliphatic rings. The number of nitrogens with zero attached hydrogens (tertiary/aromatic N) is 2. The first-order valence-electron chi connectivity index (χ1n) is 9.87. The number of carbonyl (C=O) groups is 2. The second kappa shape index (κ2) is 9.40. The minimum atomic E-state index is -1.20. The first-order valence-corrected chi connectivity index (χ1v) is 10.7. The number of benzene rings is 1. The topological polar surface area (TPSA) is 111 Å². The first kappa shape index (κ1) is 22.6. The number of hydrogen-bond donors (Lipinski definition) is 2. The molecule has 0 aliphatic carbocycles. The molecule has 2 aromatic heterocycles. The molecule has 0 fully saturated rings. The summed E-state index contributed by atoms with van der Waals surface area (Å²) in [5.41, 5.74) is 2.00. The number of aryl methyl sites for hydroxylation is 1. The molecule has 0 radical (unpaired) electrons. The predicted molar refractivity (Wildman–Crippen MR) is 120 cm³/mol. The van der Waals surface area contributed by atoms with Crippen molar-refractivity contribution in [2.45, 2.75) is 39.7 Å². The lowest BCUT2D eigenvalue weighted by Crippen LogP contribution is -2.32. The van der Waals surface area contributed by atoms with Gasteiger partial charge in [-0.2, -0.15) is 0 Å². The fraction of sp³-hybridized carbons (Fsp3) is 0.364. The molecule has 1 amide bonds. The number of rotatable bonds is 8. The van der Waals surface area contributed by atoms with E-state index >= 15 is 0 Å². The van der Waals surface area contributed by atoms with E-state index in [4.69, 9.17) is 4.74 Å². The van der Waals surface area contributed by atoms with E-state index in [1.54, 1.807) is 0 Å². The maximum atomic E-state index is 13.2. The highest BCUT2D eigenvalue weighted by Gasteiger charge is 2.21. The van der Waals surface area contributed by atoms with Gasteiger partial charge >= 0.3 is 5.97 Å². The standard InChI is InChI=1S/C22H25N3O5S/c1-12(2)14-7-5-6-13(3)19(14)24-17(26)10-25-16(8-9-30-4)23-20-18(21(25)27)15(11-31-20)22(28)29/h5-7,11-12H,8-10H2,1-4H3,(H,24,26)(H,28,29). The van der Waals surface area contributed by atoms with Crippen molar-refractivity contribution in [1.82, 2.24) is 9.55 Å². The number of thiophene rings is 1. The summed E-state index contributed by atoms with van der Waals surface area (Å²) in [5, 5.41) is 13.8. The van der Waals surface area contributed by atoms with Crippen LogP contribution in [-0.4, -0.2) is 40.3 Å². The van der Waals surface area contributed by atoms with E-state index in [1.165, 1.54) is 17.1 Å². The van der Waals surface area contributed by atoms with Crippen LogP contribution in [0.2, 0.25) is 0 Å². The summed E-state index contributed by atoms with van der Waals surface area (Å²) in [6, 6.07) is 5.81. The average molecular weight is 444 g/mol. The number of aromatic nitrogens is 2. The Balaban J connectivity index is 2.03. The number of aromatic carboxylic acids is 1. The average Bonchev–Trinajstić information content (AvgIpc) is 3.14. The zero-order valence-corrected chi connectivity index (χ0v) is 18.7. The van der Waals surface area contributed by atoms with Crippen LogP contribution >= 0.6 is 11.3 Å². The maximum Gasteiger partial charge on any atom is 0.337 e. The molecule has 164 valence electrons. The number of nitrogens with one attached hydrogen (secondary N) is 1. The van der Waals surface area contributed by atoms with Crippen LogP contribution in [-0.2, 0) is 22.5 Å². The van der Waals surface area contributed by atoms with E-state index in [9.17, 15) is 19.5 Å². The first-order chi connectivity index (χ1) is 14.7. The highest BCUT2D eigenvalue weighted by Crippen LogP contribution is 2.27. The normalized spacial score (nSPS) is 11.3. The van der Waals surface area contributed by atoms with Gasteiger partial charge in [-0.05, 0) is 24.0 Å². The van der Waals surface area contributed by atoms with Crippen molar-refractivity contribution in [3.05, 3.63) is 56.4 Å². The molecule has 0 bridgehead atoms. The summed E-state index contributed by atoms with van der Waals surface area (Å²) in [6.07, 6.45) is 0.316. The van der Waals surface area contributed by atoms with Crippen molar-refractivity contribution >= 4 is 39.1 Å². The lowest BCUT2D eigenvalue weighted by molar-refractivity contribution is -0.116. The summed E-state index contributed by atoms with van der Waals surface area (Å²) in [4.78, 5) is 42.4. The van der Waals surface area contributed by atoms with Crippen molar-refractivity contribution in [3.63, 3.8) is 0 Å². The van der Waals surface area contributed by atoms with Gasteiger partial charge in [-0.3, -0.25) is 14.2 Å². The fourth-order valence-corrected chi connectivity index (χ4v) is 4.36. The van der Waals surface area contributed by atoms with Crippen LogP contribution in [0, 0.1) is 6.92 Å². The Morgan fingerprint density at radius 3 is 2.71 bits per heavy atom.